The molecular formula is C13H16N2O3. The van der Waals surface area contributed by atoms with Gasteiger partial charge >= 0.3 is 12.0 Å². The van der Waals surface area contributed by atoms with Gasteiger partial charge < -0.3 is 10.4 Å². The number of carbonyl (C=O) groups is 2. The molecule has 1 aromatic rings. The molecule has 0 bridgehead atoms. The minimum absolute atomic E-state index is 0.150. The Kier molecular flexibility index (Phi) is 3.50. The van der Waals surface area contributed by atoms with Gasteiger partial charge in [-0.05, 0) is 43.5 Å². The molecule has 0 heterocycles. The fourth-order valence-corrected chi connectivity index (χ4v) is 1.77. The summed E-state index contributed by atoms with van der Waals surface area (Å²) in [6.45, 7) is 0. The zero-order valence-electron chi connectivity index (χ0n) is 10.2. The predicted octanol–water partition coefficient (Wildman–Crippen LogP) is 2.08. The Morgan fingerprint density at radius 2 is 1.89 bits per heavy atom. The second-order valence-corrected chi connectivity index (χ2v) is 4.49. The van der Waals surface area contributed by atoms with Crippen LogP contribution in [0.15, 0.2) is 24.3 Å². The molecular weight excluding hydrogens is 232 g/mol. The molecule has 1 fully saturated rings. The summed E-state index contributed by atoms with van der Waals surface area (Å²) in [4.78, 5) is 24.1. The summed E-state index contributed by atoms with van der Waals surface area (Å²) in [7, 11) is 1.67. The molecule has 0 unspecified atom stereocenters. The van der Waals surface area contributed by atoms with Gasteiger partial charge in [0.05, 0.1) is 5.56 Å². The van der Waals surface area contributed by atoms with Gasteiger partial charge in [0, 0.05) is 18.8 Å². The number of carbonyl (C=O) groups excluding carboxylic acids is 1. The summed E-state index contributed by atoms with van der Waals surface area (Å²) in [6.07, 6.45) is 3.25. The average molecular weight is 248 g/mol. The number of anilines is 1. The first-order valence-electron chi connectivity index (χ1n) is 5.95. The summed E-state index contributed by atoms with van der Waals surface area (Å²) in [6, 6.07) is 6.38. The number of urea groups is 1. The minimum Gasteiger partial charge on any atom is -0.478 e. The monoisotopic (exact) mass is 248 g/mol. The molecule has 18 heavy (non-hydrogen) atoms. The van der Waals surface area contributed by atoms with Crippen LogP contribution >= 0.6 is 0 Å². The van der Waals surface area contributed by atoms with E-state index < -0.39 is 5.97 Å². The van der Waals surface area contributed by atoms with Gasteiger partial charge in [0.15, 0.2) is 0 Å². The molecule has 0 atom stereocenters. The summed E-state index contributed by atoms with van der Waals surface area (Å²) >= 11 is 0. The second kappa shape index (κ2) is 5.08. The van der Waals surface area contributed by atoms with Crippen LogP contribution in [-0.4, -0.2) is 30.2 Å². The Morgan fingerprint density at radius 1 is 1.28 bits per heavy atom. The molecule has 5 nitrogen and oxygen atoms in total. The van der Waals surface area contributed by atoms with Gasteiger partial charge in [-0.15, -0.1) is 0 Å². The van der Waals surface area contributed by atoms with Gasteiger partial charge in [0.1, 0.15) is 0 Å². The Bertz CT molecular complexity index is 452. The molecule has 5 heteroatoms. The molecule has 1 saturated carbocycles. The van der Waals surface area contributed by atoms with E-state index in [1.807, 2.05) is 0 Å². The highest BCUT2D eigenvalue weighted by Crippen LogP contribution is 2.19. The van der Waals surface area contributed by atoms with Crippen molar-refractivity contribution in [2.45, 2.75) is 25.3 Å². The van der Waals surface area contributed by atoms with Crippen LogP contribution < -0.4 is 10.2 Å². The topological polar surface area (TPSA) is 69.6 Å². The molecule has 96 valence electrons. The van der Waals surface area contributed by atoms with Crippen molar-refractivity contribution in [2.75, 3.05) is 11.9 Å². The summed E-state index contributed by atoms with van der Waals surface area (Å²) in [5.41, 5.74) is 0.892. The van der Waals surface area contributed by atoms with E-state index in [2.05, 4.69) is 5.32 Å². The Balaban J connectivity index is 2.00. The van der Waals surface area contributed by atoms with Crippen molar-refractivity contribution in [1.82, 2.24) is 5.32 Å². The maximum Gasteiger partial charge on any atom is 0.335 e. The molecule has 2 N–H and O–H groups in total. The Labute approximate surface area is 105 Å². The zero-order chi connectivity index (χ0) is 13.1. The number of carboxylic acids is 1. The van der Waals surface area contributed by atoms with Gasteiger partial charge in [0.2, 0.25) is 0 Å². The van der Waals surface area contributed by atoms with E-state index in [1.54, 1.807) is 19.2 Å². The van der Waals surface area contributed by atoms with Crippen molar-refractivity contribution >= 4 is 17.7 Å². The van der Waals surface area contributed by atoms with E-state index >= 15 is 0 Å². The summed E-state index contributed by atoms with van der Waals surface area (Å²) in [5.74, 6) is -0.969. The van der Waals surface area contributed by atoms with Gasteiger partial charge in [0.25, 0.3) is 0 Å². The maximum atomic E-state index is 11.9. The number of hydrogen-bond donors (Lipinski definition) is 2. The van der Waals surface area contributed by atoms with Crippen LogP contribution in [-0.2, 0) is 0 Å². The molecule has 1 aliphatic carbocycles. The van der Waals surface area contributed by atoms with Crippen molar-refractivity contribution < 1.29 is 14.7 Å². The minimum atomic E-state index is -0.969. The highest BCUT2D eigenvalue weighted by atomic mass is 16.4. The quantitative estimate of drug-likeness (QED) is 0.860. The third kappa shape index (κ3) is 2.61. The third-order valence-corrected chi connectivity index (χ3v) is 3.24. The number of nitrogens with zero attached hydrogens (tertiary/aromatic N) is 1. The van der Waals surface area contributed by atoms with Gasteiger partial charge in [-0.3, -0.25) is 4.90 Å². The van der Waals surface area contributed by atoms with Crippen LogP contribution in [0.2, 0.25) is 0 Å². The predicted molar refractivity (Wildman–Crippen MR) is 68.0 cm³/mol. The first kappa shape index (κ1) is 12.4. The average Bonchev–Trinajstić information content (AvgIpc) is 2.32. The van der Waals surface area contributed by atoms with E-state index in [1.165, 1.54) is 23.5 Å². The standard InChI is InChI=1S/C13H16N2O3/c1-15(13(18)14-10-3-2-4-10)11-7-5-9(6-8-11)12(16)17/h5-8,10H,2-4H2,1H3,(H,14,18)(H,16,17). The molecule has 2 rings (SSSR count). The Morgan fingerprint density at radius 3 is 2.33 bits per heavy atom. The van der Waals surface area contributed by atoms with Crippen LogP contribution in [0.25, 0.3) is 0 Å². The van der Waals surface area contributed by atoms with Crippen molar-refractivity contribution in [3.8, 4) is 0 Å². The van der Waals surface area contributed by atoms with Crippen LogP contribution in [0.4, 0.5) is 10.5 Å². The fraction of sp³-hybridized carbons (Fsp3) is 0.385. The van der Waals surface area contributed by atoms with Crippen LogP contribution in [0.3, 0.4) is 0 Å². The lowest BCUT2D eigenvalue weighted by molar-refractivity contribution is 0.0697. The van der Waals surface area contributed by atoms with E-state index in [0.717, 1.165) is 12.8 Å². The summed E-state index contributed by atoms with van der Waals surface area (Å²) < 4.78 is 0. The van der Waals surface area contributed by atoms with E-state index in [0.29, 0.717) is 11.7 Å². The SMILES string of the molecule is CN(C(=O)NC1CCC1)c1ccc(C(=O)O)cc1. The van der Waals surface area contributed by atoms with Crippen LogP contribution in [0.5, 0.6) is 0 Å². The maximum absolute atomic E-state index is 11.9. The summed E-state index contributed by atoms with van der Waals surface area (Å²) in [5, 5.41) is 11.7. The van der Waals surface area contributed by atoms with E-state index in [4.69, 9.17) is 5.11 Å². The van der Waals surface area contributed by atoms with Crippen molar-refractivity contribution in [3.63, 3.8) is 0 Å². The second-order valence-electron chi connectivity index (χ2n) is 4.49. The first-order chi connectivity index (χ1) is 8.58. The van der Waals surface area contributed by atoms with Crippen LogP contribution in [0.1, 0.15) is 29.6 Å². The van der Waals surface area contributed by atoms with Gasteiger partial charge in [-0.1, -0.05) is 0 Å². The number of nitrogens with one attached hydrogen (secondary N) is 1. The van der Waals surface area contributed by atoms with Gasteiger partial charge in [-0.2, -0.15) is 0 Å². The molecule has 0 saturated heterocycles. The molecule has 0 aromatic heterocycles. The fourth-order valence-electron chi connectivity index (χ4n) is 1.77. The number of rotatable bonds is 3. The van der Waals surface area contributed by atoms with Crippen molar-refractivity contribution in [2.24, 2.45) is 0 Å². The Hall–Kier alpha value is -2.04. The van der Waals surface area contributed by atoms with E-state index in [-0.39, 0.29) is 11.6 Å². The number of hydrogen-bond acceptors (Lipinski definition) is 2. The largest absolute Gasteiger partial charge is 0.478 e. The lowest BCUT2D eigenvalue weighted by Crippen LogP contribution is -2.46. The third-order valence-electron chi connectivity index (χ3n) is 3.24. The molecule has 2 amide bonds. The number of amides is 2. The molecule has 0 spiro atoms. The number of aromatic carboxylic acids is 1. The molecule has 1 aliphatic rings. The van der Waals surface area contributed by atoms with Crippen molar-refractivity contribution in [3.05, 3.63) is 29.8 Å². The van der Waals surface area contributed by atoms with Crippen LogP contribution in [0, 0.1) is 0 Å². The number of carboxylic acid groups (broad SMARTS) is 1. The smallest absolute Gasteiger partial charge is 0.335 e. The molecule has 0 aliphatic heterocycles. The van der Waals surface area contributed by atoms with Crippen molar-refractivity contribution in [1.29, 1.82) is 0 Å². The lowest BCUT2D eigenvalue weighted by Gasteiger charge is -2.29. The van der Waals surface area contributed by atoms with Gasteiger partial charge in [-0.25, -0.2) is 9.59 Å². The zero-order valence-corrected chi connectivity index (χ0v) is 10.2. The first-order valence-corrected chi connectivity index (χ1v) is 5.95. The lowest BCUT2D eigenvalue weighted by atomic mass is 9.93. The number of benzene rings is 1. The highest BCUT2D eigenvalue weighted by molar-refractivity contribution is 5.93. The highest BCUT2D eigenvalue weighted by Gasteiger charge is 2.21. The molecule has 0 radical (unpaired) electrons. The molecule has 1 aromatic carbocycles. The van der Waals surface area contributed by atoms with E-state index in [9.17, 15) is 9.59 Å². The normalized spacial score (nSPS) is 14.7.